The Morgan fingerprint density at radius 2 is 1.95 bits per heavy atom. The highest BCUT2D eigenvalue weighted by Gasteiger charge is 2.16. The van der Waals surface area contributed by atoms with Crippen LogP contribution in [0.15, 0.2) is 30.3 Å². The summed E-state index contributed by atoms with van der Waals surface area (Å²) in [6.07, 6.45) is 0.769. The zero-order valence-corrected chi connectivity index (χ0v) is 11.4. The molecule has 0 radical (unpaired) electrons. The summed E-state index contributed by atoms with van der Waals surface area (Å²) in [6, 6.07) is 10.3. The molecule has 1 fully saturated rings. The average molecular weight is 276 g/mol. The summed E-state index contributed by atoms with van der Waals surface area (Å²) in [7, 11) is 0. The van der Waals surface area contributed by atoms with E-state index in [1.807, 2.05) is 22.9 Å². The van der Waals surface area contributed by atoms with Crippen LogP contribution in [0.25, 0.3) is 0 Å². The van der Waals surface area contributed by atoms with E-state index in [-0.39, 0.29) is 0 Å². The highest BCUT2D eigenvalue weighted by atomic mass is 32.1. The Bertz CT molecular complexity index is 586. The van der Waals surface area contributed by atoms with Crippen LogP contribution in [0, 0.1) is 4.77 Å². The first-order chi connectivity index (χ1) is 9.34. The minimum atomic E-state index is 0.646. The van der Waals surface area contributed by atoms with E-state index < -0.39 is 0 Å². The van der Waals surface area contributed by atoms with Gasteiger partial charge < -0.3 is 9.75 Å². The van der Waals surface area contributed by atoms with Gasteiger partial charge in [0.1, 0.15) is 0 Å². The number of morpholine rings is 1. The minimum Gasteiger partial charge on any atom is -0.378 e. The summed E-state index contributed by atoms with van der Waals surface area (Å²) in [5.41, 5.74) is 1.23. The summed E-state index contributed by atoms with van der Waals surface area (Å²) < 4.78 is 8.03. The van der Waals surface area contributed by atoms with Gasteiger partial charge in [0.25, 0.3) is 0 Å². The highest BCUT2D eigenvalue weighted by molar-refractivity contribution is 7.71. The Balaban J connectivity index is 1.88. The number of hydrogen-bond donors (Lipinski definition) is 1. The zero-order chi connectivity index (χ0) is 13.1. The van der Waals surface area contributed by atoms with Crippen molar-refractivity contribution in [2.24, 2.45) is 0 Å². The molecule has 19 heavy (non-hydrogen) atoms. The van der Waals surface area contributed by atoms with Crippen LogP contribution in [-0.2, 0) is 11.2 Å². The van der Waals surface area contributed by atoms with E-state index in [2.05, 4.69) is 27.3 Å². The number of H-pyrrole nitrogens is 1. The fourth-order valence-corrected chi connectivity index (χ4v) is 2.53. The van der Waals surface area contributed by atoms with Crippen molar-refractivity contribution in [3.8, 4) is 0 Å². The number of rotatable bonds is 3. The molecule has 1 aliphatic rings. The largest absolute Gasteiger partial charge is 0.378 e. The quantitative estimate of drug-likeness (QED) is 0.863. The summed E-state index contributed by atoms with van der Waals surface area (Å²) in [5.74, 6) is 0.943. The lowest BCUT2D eigenvalue weighted by Crippen LogP contribution is -2.44. The van der Waals surface area contributed by atoms with E-state index in [9.17, 15) is 0 Å². The molecule has 1 aliphatic heterocycles. The lowest BCUT2D eigenvalue weighted by molar-refractivity contribution is 0.110. The summed E-state index contributed by atoms with van der Waals surface area (Å²) in [4.78, 5) is 0. The molecule has 3 rings (SSSR count). The van der Waals surface area contributed by atoms with E-state index in [1.54, 1.807) is 0 Å². The number of nitrogens with zero attached hydrogens (tertiary/aromatic N) is 3. The molecule has 1 aromatic carbocycles. The topological polar surface area (TPSA) is 46.1 Å². The Kier molecular flexibility index (Phi) is 3.61. The van der Waals surface area contributed by atoms with Gasteiger partial charge in [-0.2, -0.15) is 5.10 Å². The van der Waals surface area contributed by atoms with Crippen molar-refractivity contribution in [3.05, 3.63) is 46.5 Å². The Hall–Kier alpha value is -1.66. The predicted molar refractivity (Wildman–Crippen MR) is 75.4 cm³/mol. The lowest BCUT2D eigenvalue weighted by atomic mass is 10.1. The van der Waals surface area contributed by atoms with Gasteiger partial charge in [0.05, 0.1) is 26.3 Å². The van der Waals surface area contributed by atoms with Crippen LogP contribution in [0.2, 0.25) is 0 Å². The molecule has 1 aromatic heterocycles. The zero-order valence-electron chi connectivity index (χ0n) is 10.6. The van der Waals surface area contributed by atoms with Gasteiger partial charge in [0, 0.05) is 6.42 Å². The van der Waals surface area contributed by atoms with E-state index in [0.29, 0.717) is 4.77 Å². The van der Waals surface area contributed by atoms with E-state index >= 15 is 0 Å². The van der Waals surface area contributed by atoms with Crippen molar-refractivity contribution in [1.82, 2.24) is 14.9 Å². The number of aromatic amines is 1. The molecule has 100 valence electrons. The first-order valence-electron chi connectivity index (χ1n) is 6.38. The van der Waals surface area contributed by atoms with Crippen molar-refractivity contribution < 1.29 is 4.74 Å². The number of benzene rings is 1. The molecule has 5 nitrogen and oxygen atoms in total. The third kappa shape index (κ3) is 2.69. The fourth-order valence-electron chi connectivity index (χ4n) is 2.26. The molecule has 0 atom stereocenters. The van der Waals surface area contributed by atoms with Crippen LogP contribution < -0.4 is 5.01 Å². The molecule has 1 N–H and O–H groups in total. The predicted octanol–water partition coefficient (Wildman–Crippen LogP) is 1.50. The second kappa shape index (κ2) is 5.54. The summed E-state index contributed by atoms with van der Waals surface area (Å²) in [5, 5.41) is 9.43. The van der Waals surface area contributed by atoms with Gasteiger partial charge in [0.15, 0.2) is 5.82 Å². The normalized spacial score (nSPS) is 15.7. The summed E-state index contributed by atoms with van der Waals surface area (Å²) in [6.45, 7) is 3.15. The first-order valence-corrected chi connectivity index (χ1v) is 6.78. The average Bonchev–Trinajstić information content (AvgIpc) is 2.82. The standard InChI is InChI=1S/C13H16N4OS/c19-13-15-14-12(10-11-4-2-1-3-5-11)17(13)16-6-8-18-9-7-16/h1-5H,6-10H2,(H,15,19). The molecule has 0 aliphatic carbocycles. The lowest BCUT2D eigenvalue weighted by Gasteiger charge is -2.30. The SMILES string of the molecule is S=c1[nH]nc(Cc2ccccc2)n1N1CCOCC1. The fraction of sp³-hybridized carbons (Fsp3) is 0.385. The maximum atomic E-state index is 5.38. The Labute approximate surface area is 116 Å². The molecule has 0 unspecified atom stereocenters. The Morgan fingerprint density at radius 1 is 1.21 bits per heavy atom. The van der Waals surface area contributed by atoms with Crippen LogP contribution >= 0.6 is 12.2 Å². The molecule has 0 bridgehead atoms. The maximum Gasteiger partial charge on any atom is 0.214 e. The highest BCUT2D eigenvalue weighted by Crippen LogP contribution is 2.09. The van der Waals surface area contributed by atoms with Gasteiger partial charge in [-0.1, -0.05) is 30.3 Å². The number of hydrogen-bond acceptors (Lipinski definition) is 4. The van der Waals surface area contributed by atoms with Crippen molar-refractivity contribution in [2.75, 3.05) is 31.3 Å². The van der Waals surface area contributed by atoms with Crippen LogP contribution in [-0.4, -0.2) is 41.2 Å². The van der Waals surface area contributed by atoms with E-state index in [1.165, 1.54) is 5.56 Å². The van der Waals surface area contributed by atoms with Crippen molar-refractivity contribution in [3.63, 3.8) is 0 Å². The number of nitrogens with one attached hydrogen (secondary N) is 1. The third-order valence-electron chi connectivity index (χ3n) is 3.19. The van der Waals surface area contributed by atoms with E-state index in [0.717, 1.165) is 38.5 Å². The first kappa shape index (κ1) is 12.4. The second-order valence-corrected chi connectivity index (χ2v) is 4.87. The molecule has 2 aromatic rings. The smallest absolute Gasteiger partial charge is 0.214 e. The van der Waals surface area contributed by atoms with E-state index in [4.69, 9.17) is 17.0 Å². The summed E-state index contributed by atoms with van der Waals surface area (Å²) >= 11 is 5.33. The van der Waals surface area contributed by atoms with Crippen LogP contribution in [0.1, 0.15) is 11.4 Å². The van der Waals surface area contributed by atoms with Crippen molar-refractivity contribution in [2.45, 2.75) is 6.42 Å². The molecular formula is C13H16N4OS. The molecule has 2 heterocycles. The van der Waals surface area contributed by atoms with Crippen molar-refractivity contribution in [1.29, 1.82) is 0 Å². The molecule has 1 saturated heterocycles. The van der Waals surface area contributed by atoms with Crippen LogP contribution in [0.3, 0.4) is 0 Å². The molecule has 6 heteroatoms. The third-order valence-corrected chi connectivity index (χ3v) is 3.46. The van der Waals surface area contributed by atoms with Gasteiger partial charge in [-0.3, -0.25) is 5.10 Å². The van der Waals surface area contributed by atoms with Crippen LogP contribution in [0.5, 0.6) is 0 Å². The Morgan fingerprint density at radius 3 is 2.68 bits per heavy atom. The minimum absolute atomic E-state index is 0.646. The van der Waals surface area contributed by atoms with Gasteiger partial charge in [0.2, 0.25) is 4.77 Å². The molecule has 0 spiro atoms. The molecule has 0 saturated carbocycles. The van der Waals surface area contributed by atoms with Gasteiger partial charge in [-0.05, 0) is 17.8 Å². The van der Waals surface area contributed by atoms with Crippen molar-refractivity contribution >= 4 is 12.2 Å². The van der Waals surface area contributed by atoms with Gasteiger partial charge >= 0.3 is 0 Å². The molecular weight excluding hydrogens is 260 g/mol. The molecule has 0 amide bonds. The van der Waals surface area contributed by atoms with Crippen LogP contribution in [0.4, 0.5) is 0 Å². The van der Waals surface area contributed by atoms with Gasteiger partial charge in [-0.15, -0.1) is 0 Å². The second-order valence-electron chi connectivity index (χ2n) is 4.49. The maximum absolute atomic E-state index is 5.38. The monoisotopic (exact) mass is 276 g/mol. The number of ether oxygens (including phenoxy) is 1. The van der Waals surface area contributed by atoms with Gasteiger partial charge in [-0.25, -0.2) is 4.68 Å². The number of aromatic nitrogens is 3.